The lowest BCUT2D eigenvalue weighted by atomic mass is 10.1. The van der Waals surface area contributed by atoms with Gasteiger partial charge in [0.25, 0.3) is 11.8 Å². The quantitative estimate of drug-likeness (QED) is 0.804. The average Bonchev–Trinajstić information content (AvgIpc) is 2.61. The maximum absolute atomic E-state index is 12.4. The lowest BCUT2D eigenvalue weighted by Crippen LogP contribution is -2.24. The maximum Gasteiger partial charge on any atom is 0.255 e. The Kier molecular flexibility index (Phi) is 6.57. The zero-order valence-corrected chi connectivity index (χ0v) is 14.8. The number of anilines is 1. The molecular formula is C20H24N2O3. The molecule has 2 aromatic carbocycles. The van der Waals surface area contributed by atoms with E-state index < -0.39 is 0 Å². The van der Waals surface area contributed by atoms with Gasteiger partial charge in [-0.05, 0) is 62.7 Å². The van der Waals surface area contributed by atoms with E-state index in [-0.39, 0.29) is 17.9 Å². The number of carbonyl (C=O) groups is 2. The summed E-state index contributed by atoms with van der Waals surface area (Å²) in [6.07, 6.45) is 0.963. The van der Waals surface area contributed by atoms with Crippen LogP contribution >= 0.6 is 0 Å². The summed E-state index contributed by atoms with van der Waals surface area (Å²) in [4.78, 5) is 24.4. The van der Waals surface area contributed by atoms with Crippen molar-refractivity contribution in [3.63, 3.8) is 0 Å². The highest BCUT2D eigenvalue weighted by atomic mass is 16.5. The highest BCUT2D eigenvalue weighted by Crippen LogP contribution is 2.18. The van der Waals surface area contributed by atoms with Crippen LogP contribution in [0.4, 0.5) is 5.69 Å². The molecule has 0 saturated heterocycles. The maximum atomic E-state index is 12.4. The summed E-state index contributed by atoms with van der Waals surface area (Å²) in [6, 6.07) is 13.9. The van der Waals surface area contributed by atoms with Crippen LogP contribution in [0.3, 0.4) is 0 Å². The minimum atomic E-state index is -0.261. The van der Waals surface area contributed by atoms with E-state index in [2.05, 4.69) is 10.6 Å². The van der Waals surface area contributed by atoms with Crippen LogP contribution in [0.1, 0.15) is 47.9 Å². The normalized spacial score (nSPS) is 10.4. The van der Waals surface area contributed by atoms with E-state index >= 15 is 0 Å². The van der Waals surface area contributed by atoms with E-state index in [9.17, 15) is 9.59 Å². The molecule has 25 heavy (non-hydrogen) atoms. The number of amides is 2. The number of benzene rings is 2. The van der Waals surface area contributed by atoms with Crippen molar-refractivity contribution in [2.24, 2.45) is 0 Å². The molecule has 0 fully saturated rings. The Morgan fingerprint density at radius 3 is 2.24 bits per heavy atom. The van der Waals surface area contributed by atoms with Gasteiger partial charge in [-0.15, -0.1) is 0 Å². The SMILES string of the molecule is CCCNC(=O)c1cccc(C(=O)Nc2ccc(OC(C)C)cc2)c1. The van der Waals surface area contributed by atoms with Crippen LogP contribution in [-0.2, 0) is 0 Å². The number of hydrogen-bond donors (Lipinski definition) is 2. The number of carbonyl (C=O) groups excluding carboxylic acids is 2. The van der Waals surface area contributed by atoms with Crippen molar-refractivity contribution in [3.8, 4) is 5.75 Å². The topological polar surface area (TPSA) is 67.4 Å². The third kappa shape index (κ3) is 5.64. The van der Waals surface area contributed by atoms with Crippen LogP contribution in [-0.4, -0.2) is 24.5 Å². The average molecular weight is 340 g/mol. The Morgan fingerprint density at radius 1 is 1.00 bits per heavy atom. The lowest BCUT2D eigenvalue weighted by molar-refractivity contribution is 0.0953. The minimum Gasteiger partial charge on any atom is -0.491 e. The first-order valence-electron chi connectivity index (χ1n) is 8.46. The van der Waals surface area contributed by atoms with Gasteiger partial charge < -0.3 is 15.4 Å². The van der Waals surface area contributed by atoms with Crippen molar-refractivity contribution in [1.82, 2.24) is 5.32 Å². The van der Waals surface area contributed by atoms with Gasteiger partial charge in [-0.25, -0.2) is 0 Å². The zero-order valence-electron chi connectivity index (χ0n) is 14.8. The van der Waals surface area contributed by atoms with Crippen molar-refractivity contribution in [2.45, 2.75) is 33.3 Å². The van der Waals surface area contributed by atoms with Crippen LogP contribution in [0.2, 0.25) is 0 Å². The molecule has 5 nitrogen and oxygen atoms in total. The van der Waals surface area contributed by atoms with Crippen molar-refractivity contribution >= 4 is 17.5 Å². The van der Waals surface area contributed by atoms with E-state index in [1.807, 2.05) is 32.9 Å². The molecule has 0 bridgehead atoms. The number of rotatable bonds is 7. The Labute approximate surface area is 148 Å². The summed E-state index contributed by atoms with van der Waals surface area (Å²) in [6.45, 7) is 6.51. The molecule has 0 saturated carbocycles. The van der Waals surface area contributed by atoms with Gasteiger partial charge >= 0.3 is 0 Å². The number of ether oxygens (including phenoxy) is 1. The summed E-state index contributed by atoms with van der Waals surface area (Å²) in [5.74, 6) is 0.317. The predicted molar refractivity (Wildman–Crippen MR) is 99.2 cm³/mol. The summed E-state index contributed by atoms with van der Waals surface area (Å²) >= 11 is 0. The molecular weight excluding hydrogens is 316 g/mol. The van der Waals surface area contributed by atoms with Crippen LogP contribution in [0, 0.1) is 0 Å². The van der Waals surface area contributed by atoms with Gasteiger partial charge in [0.15, 0.2) is 0 Å². The second kappa shape index (κ2) is 8.87. The van der Waals surface area contributed by atoms with E-state index in [1.165, 1.54) is 0 Å². The molecule has 0 aliphatic heterocycles. The summed E-state index contributed by atoms with van der Waals surface area (Å²) < 4.78 is 5.58. The molecule has 0 aliphatic rings. The lowest BCUT2D eigenvalue weighted by Gasteiger charge is -2.11. The predicted octanol–water partition coefficient (Wildman–Crippen LogP) is 3.87. The first kappa shape index (κ1) is 18.5. The fraction of sp³-hybridized carbons (Fsp3) is 0.300. The molecule has 2 rings (SSSR count). The summed E-state index contributed by atoms with van der Waals surface area (Å²) in [5.41, 5.74) is 1.58. The minimum absolute atomic E-state index is 0.0991. The van der Waals surface area contributed by atoms with Crippen molar-refractivity contribution < 1.29 is 14.3 Å². The Bertz CT molecular complexity index is 724. The molecule has 0 aliphatic carbocycles. The number of nitrogens with one attached hydrogen (secondary N) is 2. The zero-order chi connectivity index (χ0) is 18.2. The fourth-order valence-corrected chi connectivity index (χ4v) is 2.23. The molecule has 2 N–H and O–H groups in total. The molecule has 0 heterocycles. The molecule has 0 spiro atoms. The molecule has 0 atom stereocenters. The smallest absolute Gasteiger partial charge is 0.255 e. The van der Waals surface area contributed by atoms with Gasteiger partial charge in [0.2, 0.25) is 0 Å². The molecule has 0 aromatic heterocycles. The van der Waals surface area contributed by atoms with Crippen LogP contribution in [0.25, 0.3) is 0 Å². The van der Waals surface area contributed by atoms with Crippen molar-refractivity contribution in [3.05, 3.63) is 59.7 Å². The third-order valence-corrected chi connectivity index (χ3v) is 3.41. The molecule has 0 unspecified atom stereocenters. The van der Waals surface area contributed by atoms with Crippen LogP contribution < -0.4 is 15.4 Å². The third-order valence-electron chi connectivity index (χ3n) is 3.41. The molecule has 2 amide bonds. The second-order valence-electron chi connectivity index (χ2n) is 5.98. The Balaban J connectivity index is 2.04. The summed E-state index contributed by atoms with van der Waals surface area (Å²) in [5, 5.41) is 5.62. The number of hydrogen-bond acceptors (Lipinski definition) is 3. The van der Waals surface area contributed by atoms with Gasteiger partial charge in [0, 0.05) is 23.4 Å². The Morgan fingerprint density at radius 2 is 1.64 bits per heavy atom. The molecule has 5 heteroatoms. The van der Waals surface area contributed by atoms with Crippen LogP contribution in [0.15, 0.2) is 48.5 Å². The van der Waals surface area contributed by atoms with Crippen LogP contribution in [0.5, 0.6) is 5.75 Å². The van der Waals surface area contributed by atoms with E-state index in [4.69, 9.17) is 4.74 Å². The van der Waals surface area contributed by atoms with Crippen molar-refractivity contribution in [2.75, 3.05) is 11.9 Å². The van der Waals surface area contributed by atoms with E-state index in [0.717, 1.165) is 12.2 Å². The van der Waals surface area contributed by atoms with Gasteiger partial charge in [-0.1, -0.05) is 13.0 Å². The standard InChI is InChI=1S/C20H24N2O3/c1-4-12-21-19(23)15-6-5-7-16(13-15)20(24)22-17-8-10-18(11-9-17)25-14(2)3/h5-11,13-14H,4,12H2,1-3H3,(H,21,23)(H,22,24). The first-order valence-corrected chi connectivity index (χ1v) is 8.46. The fourth-order valence-electron chi connectivity index (χ4n) is 2.23. The molecule has 0 radical (unpaired) electrons. The van der Waals surface area contributed by atoms with Gasteiger partial charge in [-0.2, -0.15) is 0 Å². The molecule has 132 valence electrons. The highest BCUT2D eigenvalue weighted by Gasteiger charge is 2.10. The molecule has 2 aromatic rings. The summed E-state index contributed by atoms with van der Waals surface area (Å²) in [7, 11) is 0. The largest absolute Gasteiger partial charge is 0.491 e. The van der Waals surface area contributed by atoms with E-state index in [0.29, 0.717) is 23.4 Å². The Hall–Kier alpha value is -2.82. The van der Waals surface area contributed by atoms with Crippen molar-refractivity contribution in [1.29, 1.82) is 0 Å². The van der Waals surface area contributed by atoms with Gasteiger partial charge in [0.1, 0.15) is 5.75 Å². The van der Waals surface area contributed by atoms with E-state index in [1.54, 1.807) is 36.4 Å². The second-order valence-corrected chi connectivity index (χ2v) is 5.98. The highest BCUT2D eigenvalue weighted by molar-refractivity contribution is 6.06. The van der Waals surface area contributed by atoms with Gasteiger partial charge in [-0.3, -0.25) is 9.59 Å². The van der Waals surface area contributed by atoms with Gasteiger partial charge in [0.05, 0.1) is 6.10 Å². The first-order chi connectivity index (χ1) is 12.0. The monoisotopic (exact) mass is 340 g/mol.